The van der Waals surface area contributed by atoms with Crippen LogP contribution < -0.4 is 5.32 Å². The fourth-order valence-electron chi connectivity index (χ4n) is 3.75. The van der Waals surface area contributed by atoms with Crippen LogP contribution in [0.2, 0.25) is 0 Å². The number of carbonyl (C=O) groups excluding carboxylic acids is 1. The highest BCUT2D eigenvalue weighted by Gasteiger charge is 2.21. The summed E-state index contributed by atoms with van der Waals surface area (Å²) in [4.78, 5) is 14.6. The third kappa shape index (κ3) is 6.34. The van der Waals surface area contributed by atoms with Crippen molar-refractivity contribution >= 4 is 5.91 Å². The van der Waals surface area contributed by atoms with Crippen molar-refractivity contribution in [3.05, 3.63) is 35.9 Å². The van der Waals surface area contributed by atoms with Gasteiger partial charge in [0.15, 0.2) is 0 Å². The number of amides is 1. The van der Waals surface area contributed by atoms with Crippen molar-refractivity contribution in [3.63, 3.8) is 0 Å². The van der Waals surface area contributed by atoms with Crippen molar-refractivity contribution in [2.45, 2.75) is 46.0 Å². The summed E-state index contributed by atoms with van der Waals surface area (Å²) in [5.74, 6) is 2.06. The summed E-state index contributed by atoms with van der Waals surface area (Å²) < 4.78 is 0. The number of nitrogens with one attached hydrogen (secondary N) is 1. The van der Waals surface area contributed by atoms with Crippen molar-refractivity contribution in [1.29, 1.82) is 0 Å². The standard InChI is InChI=1S/C20H32N2O/c1-16-12-17(2)15-22(14-16)11-7-10-21-20(23)13-18(3)19-8-5-4-6-9-19/h4-6,8-9,16-18H,7,10-15H2,1-3H3,(H,21,23)/t16-,17+,18-/m0/s1. The number of carbonyl (C=O) groups is 1. The molecule has 1 N–H and O–H groups in total. The molecule has 3 atom stereocenters. The van der Waals surface area contributed by atoms with E-state index >= 15 is 0 Å². The third-order valence-corrected chi connectivity index (χ3v) is 4.78. The van der Waals surface area contributed by atoms with Crippen LogP contribution in [0.25, 0.3) is 0 Å². The molecule has 0 spiro atoms. The van der Waals surface area contributed by atoms with Crippen molar-refractivity contribution in [2.75, 3.05) is 26.2 Å². The van der Waals surface area contributed by atoms with Gasteiger partial charge in [-0.3, -0.25) is 4.79 Å². The number of nitrogens with zero attached hydrogens (tertiary/aromatic N) is 1. The van der Waals surface area contributed by atoms with Gasteiger partial charge in [-0.1, -0.05) is 51.1 Å². The largest absolute Gasteiger partial charge is 0.356 e. The van der Waals surface area contributed by atoms with E-state index in [0.717, 1.165) is 31.3 Å². The Balaban J connectivity index is 1.61. The monoisotopic (exact) mass is 316 g/mol. The van der Waals surface area contributed by atoms with E-state index in [1.807, 2.05) is 18.2 Å². The van der Waals surface area contributed by atoms with Gasteiger partial charge in [-0.05, 0) is 42.7 Å². The third-order valence-electron chi connectivity index (χ3n) is 4.78. The predicted molar refractivity (Wildman–Crippen MR) is 96.5 cm³/mol. The van der Waals surface area contributed by atoms with Gasteiger partial charge in [0.05, 0.1) is 0 Å². The number of likely N-dealkylation sites (tertiary alicyclic amines) is 1. The average molecular weight is 316 g/mol. The quantitative estimate of drug-likeness (QED) is 0.779. The molecule has 1 amide bonds. The van der Waals surface area contributed by atoms with Crippen LogP contribution in [0.4, 0.5) is 0 Å². The van der Waals surface area contributed by atoms with Crippen molar-refractivity contribution in [1.82, 2.24) is 10.2 Å². The van der Waals surface area contributed by atoms with Gasteiger partial charge >= 0.3 is 0 Å². The highest BCUT2D eigenvalue weighted by molar-refractivity contribution is 5.76. The molecule has 1 fully saturated rings. The van der Waals surface area contributed by atoms with Gasteiger partial charge in [0.1, 0.15) is 0 Å². The molecule has 2 rings (SSSR count). The maximum atomic E-state index is 12.1. The Bertz CT molecular complexity index is 464. The van der Waals surface area contributed by atoms with Crippen LogP contribution in [-0.2, 0) is 4.79 Å². The lowest BCUT2D eigenvalue weighted by Gasteiger charge is -2.34. The number of hydrogen-bond donors (Lipinski definition) is 1. The van der Waals surface area contributed by atoms with Crippen molar-refractivity contribution < 1.29 is 4.79 Å². The highest BCUT2D eigenvalue weighted by Crippen LogP contribution is 2.21. The summed E-state index contributed by atoms with van der Waals surface area (Å²) in [5.41, 5.74) is 1.24. The van der Waals surface area contributed by atoms with Crippen LogP contribution in [-0.4, -0.2) is 37.0 Å². The Labute approximate surface area is 141 Å². The zero-order chi connectivity index (χ0) is 16.7. The molecule has 128 valence electrons. The van der Waals surface area contributed by atoms with Crippen LogP contribution >= 0.6 is 0 Å². The van der Waals surface area contributed by atoms with E-state index in [2.05, 4.69) is 43.1 Å². The maximum absolute atomic E-state index is 12.1. The molecule has 3 nitrogen and oxygen atoms in total. The Morgan fingerprint density at radius 2 is 1.87 bits per heavy atom. The second kappa shape index (κ2) is 9.07. The summed E-state index contributed by atoms with van der Waals surface area (Å²) in [7, 11) is 0. The first-order valence-corrected chi connectivity index (χ1v) is 9.08. The first-order chi connectivity index (χ1) is 11.0. The molecule has 0 unspecified atom stereocenters. The van der Waals surface area contributed by atoms with Gasteiger partial charge < -0.3 is 10.2 Å². The molecule has 0 aromatic heterocycles. The summed E-state index contributed by atoms with van der Waals surface area (Å²) in [6, 6.07) is 10.3. The molecule has 1 aromatic rings. The zero-order valence-electron chi connectivity index (χ0n) is 14.9. The summed E-state index contributed by atoms with van der Waals surface area (Å²) >= 11 is 0. The number of rotatable bonds is 7. The molecule has 1 aliphatic heterocycles. The van der Waals surface area contributed by atoms with Crippen LogP contribution in [0.15, 0.2) is 30.3 Å². The van der Waals surface area contributed by atoms with Gasteiger partial charge in [0, 0.05) is 26.1 Å². The average Bonchev–Trinajstić information content (AvgIpc) is 2.51. The lowest BCUT2D eigenvalue weighted by Crippen LogP contribution is -2.40. The van der Waals surface area contributed by atoms with E-state index in [4.69, 9.17) is 0 Å². The van der Waals surface area contributed by atoms with Gasteiger partial charge in [0.2, 0.25) is 5.91 Å². The van der Waals surface area contributed by atoms with E-state index in [1.54, 1.807) is 0 Å². The predicted octanol–water partition coefficient (Wildman–Crippen LogP) is 3.66. The van der Waals surface area contributed by atoms with E-state index < -0.39 is 0 Å². The molecule has 3 heteroatoms. The lowest BCUT2D eigenvalue weighted by atomic mass is 9.92. The van der Waals surface area contributed by atoms with Gasteiger partial charge in [-0.15, -0.1) is 0 Å². The summed E-state index contributed by atoms with van der Waals surface area (Å²) in [5, 5.41) is 3.08. The normalized spacial score (nSPS) is 23.4. The molecular weight excluding hydrogens is 284 g/mol. The minimum Gasteiger partial charge on any atom is -0.356 e. The molecule has 0 bridgehead atoms. The molecule has 1 saturated heterocycles. The minimum absolute atomic E-state index is 0.168. The van der Waals surface area contributed by atoms with Crippen molar-refractivity contribution in [3.8, 4) is 0 Å². The molecular formula is C20H32N2O. The number of hydrogen-bond acceptors (Lipinski definition) is 2. The maximum Gasteiger partial charge on any atom is 0.220 e. The fraction of sp³-hybridized carbons (Fsp3) is 0.650. The first-order valence-electron chi connectivity index (χ1n) is 9.08. The Hall–Kier alpha value is -1.35. The van der Waals surface area contributed by atoms with Crippen LogP contribution in [0.5, 0.6) is 0 Å². The Morgan fingerprint density at radius 1 is 1.22 bits per heavy atom. The molecule has 1 aliphatic rings. The molecule has 1 heterocycles. The van der Waals surface area contributed by atoms with Crippen LogP contribution in [0.3, 0.4) is 0 Å². The van der Waals surface area contributed by atoms with Gasteiger partial charge in [-0.2, -0.15) is 0 Å². The summed E-state index contributed by atoms with van der Waals surface area (Å²) in [6.07, 6.45) is 2.97. The van der Waals surface area contributed by atoms with Crippen LogP contribution in [0, 0.1) is 11.8 Å². The summed E-state index contributed by atoms with van der Waals surface area (Å²) in [6.45, 7) is 11.1. The Kier molecular flexibility index (Phi) is 7.10. The molecule has 23 heavy (non-hydrogen) atoms. The molecule has 1 aromatic carbocycles. The van der Waals surface area contributed by atoms with E-state index in [0.29, 0.717) is 6.42 Å². The highest BCUT2D eigenvalue weighted by atomic mass is 16.1. The lowest BCUT2D eigenvalue weighted by molar-refractivity contribution is -0.121. The van der Waals surface area contributed by atoms with E-state index in [9.17, 15) is 4.79 Å². The number of benzene rings is 1. The second-order valence-corrected chi connectivity index (χ2v) is 7.42. The molecule has 0 aliphatic carbocycles. The Morgan fingerprint density at radius 3 is 2.52 bits per heavy atom. The van der Waals surface area contributed by atoms with Crippen molar-refractivity contribution in [2.24, 2.45) is 11.8 Å². The topological polar surface area (TPSA) is 32.3 Å². The fourth-order valence-corrected chi connectivity index (χ4v) is 3.75. The molecule has 0 saturated carbocycles. The van der Waals surface area contributed by atoms with E-state index in [1.165, 1.54) is 25.1 Å². The minimum atomic E-state index is 0.168. The first kappa shape index (κ1) is 18.0. The zero-order valence-corrected chi connectivity index (χ0v) is 14.9. The second-order valence-electron chi connectivity index (χ2n) is 7.42. The SMILES string of the molecule is C[C@@H]1C[C@H](C)CN(CCCNC(=O)C[C@H](C)c2ccccc2)C1. The van der Waals surface area contributed by atoms with Crippen LogP contribution in [0.1, 0.15) is 51.5 Å². The smallest absolute Gasteiger partial charge is 0.220 e. The number of piperidine rings is 1. The van der Waals surface area contributed by atoms with Gasteiger partial charge in [0.25, 0.3) is 0 Å². The molecule has 0 radical (unpaired) electrons. The van der Waals surface area contributed by atoms with Gasteiger partial charge in [-0.25, -0.2) is 0 Å². The van der Waals surface area contributed by atoms with E-state index in [-0.39, 0.29) is 11.8 Å².